The van der Waals surface area contributed by atoms with Crippen molar-refractivity contribution in [3.05, 3.63) is 51.7 Å². The number of rotatable bonds is 2. The van der Waals surface area contributed by atoms with Gasteiger partial charge in [0.1, 0.15) is 11.6 Å². The van der Waals surface area contributed by atoms with E-state index >= 15 is 0 Å². The topological polar surface area (TPSA) is 127 Å². The van der Waals surface area contributed by atoms with Gasteiger partial charge in [0.15, 0.2) is 0 Å². The summed E-state index contributed by atoms with van der Waals surface area (Å²) in [5.41, 5.74) is 6.20. The zero-order valence-corrected chi connectivity index (χ0v) is 14.4. The lowest BCUT2D eigenvalue weighted by atomic mass is 10.2. The van der Waals surface area contributed by atoms with Gasteiger partial charge in [0.2, 0.25) is 0 Å². The molecule has 2 heterocycles. The van der Waals surface area contributed by atoms with Crippen molar-refractivity contribution in [2.24, 2.45) is 5.73 Å². The number of halogens is 4. The number of aromatic amines is 1. The summed E-state index contributed by atoms with van der Waals surface area (Å²) < 4.78 is 33.1. The highest BCUT2D eigenvalue weighted by Gasteiger charge is 2.38. The largest absolute Gasteiger partial charge is 0.490 e. The summed E-state index contributed by atoms with van der Waals surface area (Å²) in [7, 11) is 0. The number of hydrogen-bond donors (Lipinski definition) is 3. The minimum atomic E-state index is -5.08. The maximum Gasteiger partial charge on any atom is 0.490 e. The summed E-state index contributed by atoms with van der Waals surface area (Å²) in [5, 5.41) is 14.5. The summed E-state index contributed by atoms with van der Waals surface area (Å²) in [4.78, 5) is 26.1. The molecule has 27 heavy (non-hydrogen) atoms. The molecule has 0 fully saturated rings. The van der Waals surface area contributed by atoms with Gasteiger partial charge in [-0.05, 0) is 19.1 Å². The third kappa shape index (κ3) is 4.44. The van der Waals surface area contributed by atoms with Crippen LogP contribution in [0.2, 0.25) is 5.02 Å². The van der Waals surface area contributed by atoms with E-state index in [0.717, 1.165) is 0 Å². The number of aromatic nitrogens is 4. The van der Waals surface area contributed by atoms with E-state index in [1.165, 1.54) is 4.57 Å². The van der Waals surface area contributed by atoms with Crippen molar-refractivity contribution in [2.75, 3.05) is 0 Å². The second-order valence-electron chi connectivity index (χ2n) is 5.28. The molecule has 12 heteroatoms. The lowest BCUT2D eigenvalue weighted by Crippen LogP contribution is -2.27. The fourth-order valence-corrected chi connectivity index (χ4v) is 2.37. The Balaban J connectivity index is 0.000000321. The zero-order chi connectivity index (χ0) is 20.4. The molecule has 2 aromatic heterocycles. The molecule has 0 aliphatic rings. The van der Waals surface area contributed by atoms with Crippen molar-refractivity contribution < 1.29 is 23.1 Å². The first-order chi connectivity index (χ1) is 12.5. The Labute approximate surface area is 154 Å². The maximum absolute atomic E-state index is 12.7. The Kier molecular flexibility index (Phi) is 5.86. The molecule has 0 aliphatic carbocycles. The fourth-order valence-electron chi connectivity index (χ4n) is 2.12. The first kappa shape index (κ1) is 20.4. The molecule has 1 atom stereocenters. The Hall–Kier alpha value is -2.92. The third-order valence-electron chi connectivity index (χ3n) is 3.25. The average molecular weight is 404 g/mol. The Morgan fingerprint density at radius 1 is 1.37 bits per heavy atom. The van der Waals surface area contributed by atoms with Gasteiger partial charge in [0, 0.05) is 6.07 Å². The van der Waals surface area contributed by atoms with Crippen molar-refractivity contribution in [2.45, 2.75) is 19.1 Å². The lowest BCUT2D eigenvalue weighted by Gasteiger charge is -2.14. The zero-order valence-electron chi connectivity index (χ0n) is 13.7. The molecule has 1 aromatic carbocycles. The Bertz CT molecular complexity index is 1020. The van der Waals surface area contributed by atoms with Crippen molar-refractivity contribution in [1.29, 1.82) is 0 Å². The molecular weight excluding hydrogens is 391 g/mol. The molecule has 0 spiro atoms. The number of carboxylic acid groups (broad SMARTS) is 1. The van der Waals surface area contributed by atoms with E-state index in [2.05, 4.69) is 15.2 Å². The number of benzene rings is 1. The van der Waals surface area contributed by atoms with E-state index in [4.69, 9.17) is 27.2 Å². The Morgan fingerprint density at radius 3 is 2.48 bits per heavy atom. The molecule has 0 saturated heterocycles. The minimum Gasteiger partial charge on any atom is -0.475 e. The molecule has 0 amide bonds. The molecule has 0 bridgehead atoms. The molecule has 0 aliphatic heterocycles. The monoisotopic (exact) mass is 403 g/mol. The van der Waals surface area contributed by atoms with Crippen LogP contribution in [0.3, 0.4) is 0 Å². The number of aliphatic carboxylic acids is 1. The fraction of sp³-hybridized carbons (Fsp3) is 0.200. The van der Waals surface area contributed by atoms with Gasteiger partial charge in [-0.3, -0.25) is 9.89 Å². The summed E-state index contributed by atoms with van der Waals surface area (Å²) in [6.07, 6.45) is -3.52. The number of nitrogens with zero attached hydrogens (tertiary/aromatic N) is 3. The SMILES string of the molecule is C[C@H](N)c1nc2cccc(Cl)c2c(=O)n1-c1ccn[nH]1.O=C(O)C(F)(F)F. The number of nitrogens with one attached hydrogen (secondary N) is 1. The van der Waals surface area contributed by atoms with Crippen LogP contribution in [0.1, 0.15) is 18.8 Å². The minimum absolute atomic E-state index is 0.267. The van der Waals surface area contributed by atoms with Crippen molar-refractivity contribution >= 4 is 28.5 Å². The van der Waals surface area contributed by atoms with Crippen LogP contribution < -0.4 is 11.3 Å². The smallest absolute Gasteiger partial charge is 0.475 e. The van der Waals surface area contributed by atoms with Gasteiger partial charge in [0.25, 0.3) is 5.56 Å². The van der Waals surface area contributed by atoms with Crippen molar-refractivity contribution in [3.63, 3.8) is 0 Å². The molecule has 0 unspecified atom stereocenters. The highest BCUT2D eigenvalue weighted by atomic mass is 35.5. The van der Waals surface area contributed by atoms with E-state index < -0.39 is 18.2 Å². The van der Waals surface area contributed by atoms with Gasteiger partial charge in [-0.25, -0.2) is 14.3 Å². The van der Waals surface area contributed by atoms with E-state index in [1.54, 1.807) is 37.4 Å². The van der Waals surface area contributed by atoms with Gasteiger partial charge in [-0.1, -0.05) is 17.7 Å². The van der Waals surface area contributed by atoms with Gasteiger partial charge in [-0.15, -0.1) is 0 Å². The van der Waals surface area contributed by atoms with Gasteiger partial charge in [0.05, 0.1) is 28.2 Å². The molecule has 3 rings (SSSR count). The molecule has 144 valence electrons. The highest BCUT2D eigenvalue weighted by Crippen LogP contribution is 2.21. The lowest BCUT2D eigenvalue weighted by molar-refractivity contribution is -0.192. The summed E-state index contributed by atoms with van der Waals surface area (Å²) in [5.74, 6) is -1.79. The first-order valence-corrected chi connectivity index (χ1v) is 7.68. The van der Waals surface area contributed by atoms with Crippen LogP contribution in [-0.4, -0.2) is 37.0 Å². The van der Waals surface area contributed by atoms with Crippen molar-refractivity contribution in [3.8, 4) is 5.82 Å². The number of H-pyrrole nitrogens is 1. The molecular formula is C15H13ClF3N5O3. The standard InChI is InChI=1S/C13H12ClN5O.C2HF3O2/c1-7(15)12-17-9-4-2-3-8(14)11(9)13(20)19(12)10-5-6-16-18-10;3-2(4,5)1(6)7/h2-7H,15H2,1H3,(H,16,18);(H,6,7)/t7-;/m0./s1. The summed E-state index contributed by atoms with van der Waals surface area (Å²) >= 11 is 6.12. The van der Waals surface area contributed by atoms with Crippen LogP contribution in [0.5, 0.6) is 0 Å². The predicted octanol–water partition coefficient (Wildman–Crippen LogP) is 2.42. The molecule has 4 N–H and O–H groups in total. The van der Waals surface area contributed by atoms with Crippen LogP contribution >= 0.6 is 11.6 Å². The van der Waals surface area contributed by atoms with Gasteiger partial charge >= 0.3 is 12.1 Å². The van der Waals surface area contributed by atoms with Crippen LogP contribution in [0.15, 0.2) is 35.3 Å². The number of alkyl halides is 3. The Morgan fingerprint density at radius 2 is 2.00 bits per heavy atom. The van der Waals surface area contributed by atoms with E-state index in [-0.39, 0.29) is 5.56 Å². The second kappa shape index (κ2) is 7.76. The van der Waals surface area contributed by atoms with Crippen LogP contribution in [0.25, 0.3) is 16.7 Å². The van der Waals surface area contributed by atoms with E-state index in [1.807, 2.05) is 0 Å². The summed E-state index contributed by atoms with van der Waals surface area (Å²) in [6.45, 7) is 1.77. The number of carbonyl (C=O) groups is 1. The molecule has 8 nitrogen and oxygen atoms in total. The first-order valence-electron chi connectivity index (χ1n) is 7.30. The summed E-state index contributed by atoms with van der Waals surface area (Å²) in [6, 6.07) is 6.43. The van der Waals surface area contributed by atoms with Gasteiger partial charge in [-0.2, -0.15) is 18.3 Å². The average Bonchev–Trinajstić information content (AvgIpc) is 3.08. The van der Waals surface area contributed by atoms with Crippen molar-refractivity contribution in [1.82, 2.24) is 19.7 Å². The van der Waals surface area contributed by atoms with Crippen LogP contribution in [-0.2, 0) is 4.79 Å². The molecule has 0 radical (unpaired) electrons. The predicted molar refractivity (Wildman–Crippen MR) is 90.8 cm³/mol. The normalized spacial score (nSPS) is 12.4. The number of nitrogens with two attached hydrogens (primary N) is 1. The van der Waals surface area contributed by atoms with Gasteiger partial charge < -0.3 is 10.8 Å². The molecule has 0 saturated carbocycles. The number of carboxylic acids is 1. The molecule has 3 aromatic rings. The highest BCUT2D eigenvalue weighted by molar-refractivity contribution is 6.35. The van der Waals surface area contributed by atoms with Crippen LogP contribution in [0.4, 0.5) is 13.2 Å². The number of hydrogen-bond acceptors (Lipinski definition) is 5. The second-order valence-corrected chi connectivity index (χ2v) is 5.69. The van der Waals surface area contributed by atoms with E-state index in [9.17, 15) is 18.0 Å². The third-order valence-corrected chi connectivity index (χ3v) is 3.56. The quantitative estimate of drug-likeness (QED) is 0.603. The van der Waals surface area contributed by atoms with E-state index in [0.29, 0.717) is 27.6 Å². The maximum atomic E-state index is 12.7. The van der Waals surface area contributed by atoms with Crippen LogP contribution in [0, 0.1) is 0 Å². The number of fused-ring (bicyclic) bond motifs is 1.